The summed E-state index contributed by atoms with van der Waals surface area (Å²) >= 11 is 0. The van der Waals surface area contributed by atoms with Gasteiger partial charge in [0.2, 0.25) is 0 Å². The minimum Gasteiger partial charge on any atom is -0.508 e. The molecule has 18 heavy (non-hydrogen) atoms. The predicted molar refractivity (Wildman–Crippen MR) is 68.7 cm³/mol. The molecule has 0 aromatic heterocycles. The minimum atomic E-state index is -0.0105. The fourth-order valence-corrected chi connectivity index (χ4v) is 1.99. The van der Waals surface area contributed by atoms with E-state index < -0.39 is 0 Å². The molecule has 0 atom stereocenters. The molecule has 0 radical (unpaired) electrons. The fourth-order valence-electron chi connectivity index (χ4n) is 1.99. The zero-order chi connectivity index (χ0) is 13.0. The molecule has 1 aliphatic heterocycles. The van der Waals surface area contributed by atoms with Crippen molar-refractivity contribution in [2.75, 3.05) is 26.3 Å². The Morgan fingerprint density at radius 1 is 1.44 bits per heavy atom. The Hall–Kier alpha value is -1.81. The molecule has 4 heteroatoms. The van der Waals surface area contributed by atoms with Gasteiger partial charge >= 0.3 is 0 Å². The summed E-state index contributed by atoms with van der Waals surface area (Å²) < 4.78 is 5.22. The summed E-state index contributed by atoms with van der Waals surface area (Å²) in [7, 11) is 0. The van der Waals surface area contributed by atoms with Crippen LogP contribution in [0, 0.1) is 0 Å². The van der Waals surface area contributed by atoms with Gasteiger partial charge in [-0.25, -0.2) is 0 Å². The highest BCUT2D eigenvalue weighted by atomic mass is 16.5. The number of allylic oxidation sites excluding steroid dienone is 1. The summed E-state index contributed by atoms with van der Waals surface area (Å²) in [6, 6.07) is 4.95. The first-order valence-corrected chi connectivity index (χ1v) is 6.02. The van der Waals surface area contributed by atoms with Crippen LogP contribution in [-0.4, -0.2) is 42.2 Å². The Balaban J connectivity index is 2.18. The number of benzene rings is 1. The van der Waals surface area contributed by atoms with E-state index in [2.05, 4.69) is 6.58 Å². The summed E-state index contributed by atoms with van der Waals surface area (Å²) in [5, 5.41) is 9.67. The number of rotatable bonds is 3. The molecular formula is C14H17NO3. The molecule has 1 heterocycles. The van der Waals surface area contributed by atoms with Crippen molar-refractivity contribution in [3.63, 3.8) is 0 Å². The third-order valence-electron chi connectivity index (χ3n) is 2.99. The van der Waals surface area contributed by atoms with Gasteiger partial charge in [-0.3, -0.25) is 4.79 Å². The van der Waals surface area contributed by atoms with Crippen LogP contribution in [0.3, 0.4) is 0 Å². The van der Waals surface area contributed by atoms with Crippen molar-refractivity contribution in [2.24, 2.45) is 0 Å². The Bertz CT molecular complexity index is 450. The van der Waals surface area contributed by atoms with Crippen LogP contribution in [0.2, 0.25) is 0 Å². The van der Waals surface area contributed by atoms with Crippen LogP contribution in [0.5, 0.6) is 5.75 Å². The number of phenolic OH excluding ortho intramolecular Hbond substituents is 1. The largest absolute Gasteiger partial charge is 0.508 e. The van der Waals surface area contributed by atoms with E-state index in [-0.39, 0.29) is 11.7 Å². The molecule has 1 aromatic rings. The first-order chi connectivity index (χ1) is 8.72. The maximum atomic E-state index is 12.2. The summed E-state index contributed by atoms with van der Waals surface area (Å²) in [5.74, 6) is 0.192. The second-order valence-electron chi connectivity index (χ2n) is 4.24. The summed E-state index contributed by atoms with van der Waals surface area (Å²) in [5.41, 5.74) is 1.33. The lowest BCUT2D eigenvalue weighted by Crippen LogP contribution is -2.40. The first-order valence-electron chi connectivity index (χ1n) is 6.02. The van der Waals surface area contributed by atoms with E-state index in [0.29, 0.717) is 38.3 Å². The Morgan fingerprint density at radius 3 is 2.83 bits per heavy atom. The number of hydrogen-bond donors (Lipinski definition) is 1. The molecule has 2 rings (SSSR count). The van der Waals surface area contributed by atoms with Crippen LogP contribution in [0.1, 0.15) is 15.9 Å². The van der Waals surface area contributed by atoms with E-state index in [0.717, 1.165) is 5.56 Å². The van der Waals surface area contributed by atoms with Crippen LogP contribution in [0.4, 0.5) is 0 Å². The summed E-state index contributed by atoms with van der Waals surface area (Å²) in [6.45, 7) is 6.05. The summed E-state index contributed by atoms with van der Waals surface area (Å²) in [4.78, 5) is 14.0. The second-order valence-corrected chi connectivity index (χ2v) is 4.24. The van der Waals surface area contributed by atoms with Crippen LogP contribution in [0.15, 0.2) is 30.9 Å². The van der Waals surface area contributed by atoms with Crippen molar-refractivity contribution in [3.8, 4) is 5.75 Å². The number of morpholine rings is 1. The van der Waals surface area contributed by atoms with Crippen LogP contribution in [-0.2, 0) is 11.2 Å². The highest BCUT2D eigenvalue weighted by molar-refractivity contribution is 5.94. The maximum Gasteiger partial charge on any atom is 0.254 e. The van der Waals surface area contributed by atoms with Gasteiger partial charge in [-0.05, 0) is 30.2 Å². The quantitative estimate of drug-likeness (QED) is 0.825. The van der Waals surface area contributed by atoms with Gasteiger partial charge in [-0.15, -0.1) is 6.58 Å². The zero-order valence-corrected chi connectivity index (χ0v) is 10.3. The van der Waals surface area contributed by atoms with Gasteiger partial charge in [-0.1, -0.05) is 6.08 Å². The maximum absolute atomic E-state index is 12.2. The van der Waals surface area contributed by atoms with Gasteiger partial charge in [0.25, 0.3) is 5.91 Å². The monoisotopic (exact) mass is 247 g/mol. The minimum absolute atomic E-state index is 0.0105. The number of nitrogens with zero attached hydrogens (tertiary/aromatic N) is 1. The molecule has 96 valence electrons. The highest BCUT2D eigenvalue weighted by Gasteiger charge is 2.19. The number of ether oxygens (including phenoxy) is 1. The Kier molecular flexibility index (Phi) is 3.99. The van der Waals surface area contributed by atoms with Crippen LogP contribution >= 0.6 is 0 Å². The van der Waals surface area contributed by atoms with Crippen molar-refractivity contribution in [1.82, 2.24) is 4.90 Å². The van der Waals surface area contributed by atoms with Crippen molar-refractivity contribution in [1.29, 1.82) is 0 Å². The molecule has 0 unspecified atom stereocenters. The van der Waals surface area contributed by atoms with Crippen molar-refractivity contribution >= 4 is 5.91 Å². The molecule has 1 N–H and O–H groups in total. The molecule has 0 aliphatic carbocycles. The average Bonchev–Trinajstić information content (AvgIpc) is 2.42. The first kappa shape index (κ1) is 12.6. The number of hydrogen-bond acceptors (Lipinski definition) is 3. The number of aromatic hydroxyl groups is 1. The van der Waals surface area contributed by atoms with E-state index in [1.54, 1.807) is 29.2 Å². The third-order valence-corrected chi connectivity index (χ3v) is 2.99. The van der Waals surface area contributed by atoms with Gasteiger partial charge in [0.05, 0.1) is 13.2 Å². The topological polar surface area (TPSA) is 49.8 Å². The van der Waals surface area contributed by atoms with Gasteiger partial charge in [0.15, 0.2) is 0 Å². The number of carbonyl (C=O) groups excluding carboxylic acids is 1. The summed E-state index contributed by atoms with van der Waals surface area (Å²) in [6.07, 6.45) is 2.26. The SMILES string of the molecule is C=CCc1cc(C(=O)N2CCOCC2)ccc1O. The number of amides is 1. The predicted octanol–water partition coefficient (Wildman–Crippen LogP) is 1.59. The van der Waals surface area contributed by atoms with Gasteiger partial charge in [0.1, 0.15) is 5.75 Å². The van der Waals surface area contributed by atoms with Gasteiger partial charge in [-0.2, -0.15) is 0 Å². The normalized spacial score (nSPS) is 15.4. The lowest BCUT2D eigenvalue weighted by molar-refractivity contribution is 0.0303. The van der Waals surface area contributed by atoms with E-state index >= 15 is 0 Å². The lowest BCUT2D eigenvalue weighted by atomic mass is 10.1. The van der Waals surface area contributed by atoms with E-state index in [1.807, 2.05) is 0 Å². The third kappa shape index (κ3) is 2.71. The van der Waals surface area contributed by atoms with Crippen molar-refractivity contribution in [3.05, 3.63) is 42.0 Å². The zero-order valence-electron chi connectivity index (χ0n) is 10.3. The highest BCUT2D eigenvalue weighted by Crippen LogP contribution is 2.20. The van der Waals surface area contributed by atoms with Crippen molar-refractivity contribution in [2.45, 2.75) is 6.42 Å². The molecule has 1 aromatic carbocycles. The molecule has 0 spiro atoms. The molecule has 0 bridgehead atoms. The smallest absolute Gasteiger partial charge is 0.254 e. The molecule has 1 aliphatic rings. The van der Waals surface area contributed by atoms with Gasteiger partial charge < -0.3 is 14.7 Å². The van der Waals surface area contributed by atoms with Crippen molar-refractivity contribution < 1.29 is 14.6 Å². The van der Waals surface area contributed by atoms with Crippen LogP contribution in [0.25, 0.3) is 0 Å². The van der Waals surface area contributed by atoms with E-state index in [1.165, 1.54) is 0 Å². The van der Waals surface area contributed by atoms with Crippen LogP contribution < -0.4 is 0 Å². The van der Waals surface area contributed by atoms with E-state index in [4.69, 9.17) is 4.74 Å². The molecule has 1 amide bonds. The molecule has 4 nitrogen and oxygen atoms in total. The molecule has 1 fully saturated rings. The van der Waals surface area contributed by atoms with Gasteiger partial charge in [0, 0.05) is 18.7 Å². The fraction of sp³-hybridized carbons (Fsp3) is 0.357. The Labute approximate surface area is 106 Å². The lowest BCUT2D eigenvalue weighted by Gasteiger charge is -2.27. The standard InChI is InChI=1S/C14H17NO3/c1-2-3-11-10-12(4-5-13(11)16)14(17)15-6-8-18-9-7-15/h2,4-5,10,16H,1,3,6-9H2. The Morgan fingerprint density at radius 2 is 2.17 bits per heavy atom. The molecular weight excluding hydrogens is 230 g/mol. The molecule has 1 saturated heterocycles. The molecule has 0 saturated carbocycles. The number of phenols is 1. The van der Waals surface area contributed by atoms with E-state index in [9.17, 15) is 9.90 Å². The second kappa shape index (κ2) is 5.69. The number of carbonyl (C=O) groups is 1. The average molecular weight is 247 g/mol.